The standard InChI is InChI=1S/C19H18O4/c1-22-18-13-15(7-5-6-10-19(20)21)11-12-17(18)23-14-16-8-3-2-4-9-16/h2-13H,14H2,1H3,(H,20,21)/p-1/b7-5+,10-6+. The van der Waals surface area contributed by atoms with Crippen molar-refractivity contribution in [2.24, 2.45) is 0 Å². The zero-order chi connectivity index (χ0) is 16.5. The number of methoxy groups -OCH3 is 1. The minimum atomic E-state index is -1.23. The summed E-state index contributed by atoms with van der Waals surface area (Å²) in [6, 6.07) is 15.4. The van der Waals surface area contributed by atoms with E-state index >= 15 is 0 Å². The molecule has 118 valence electrons. The van der Waals surface area contributed by atoms with E-state index in [4.69, 9.17) is 9.47 Å². The monoisotopic (exact) mass is 309 g/mol. The highest BCUT2D eigenvalue weighted by atomic mass is 16.5. The molecule has 2 aromatic rings. The van der Waals surface area contributed by atoms with E-state index < -0.39 is 5.97 Å². The number of benzene rings is 2. The molecule has 0 atom stereocenters. The van der Waals surface area contributed by atoms with Gasteiger partial charge in [0.25, 0.3) is 0 Å². The molecule has 0 spiro atoms. The fourth-order valence-electron chi connectivity index (χ4n) is 1.94. The van der Waals surface area contributed by atoms with Crippen LogP contribution >= 0.6 is 0 Å². The van der Waals surface area contributed by atoms with Crippen molar-refractivity contribution in [1.29, 1.82) is 0 Å². The molecule has 0 aliphatic heterocycles. The Bertz CT molecular complexity index is 703. The molecule has 0 saturated carbocycles. The molecule has 0 aliphatic carbocycles. The topological polar surface area (TPSA) is 58.6 Å². The van der Waals surface area contributed by atoms with Crippen molar-refractivity contribution in [3.8, 4) is 11.5 Å². The molecule has 0 N–H and O–H groups in total. The maximum atomic E-state index is 10.3. The normalized spacial score (nSPS) is 11.0. The summed E-state index contributed by atoms with van der Waals surface area (Å²) in [7, 11) is 1.58. The molecule has 0 aromatic heterocycles. The largest absolute Gasteiger partial charge is 0.545 e. The number of carbonyl (C=O) groups excluding carboxylic acids is 1. The number of carbonyl (C=O) groups is 1. The van der Waals surface area contributed by atoms with Crippen LogP contribution in [-0.2, 0) is 11.4 Å². The summed E-state index contributed by atoms with van der Waals surface area (Å²) in [4.78, 5) is 10.3. The fourth-order valence-corrected chi connectivity index (χ4v) is 1.94. The summed E-state index contributed by atoms with van der Waals surface area (Å²) < 4.78 is 11.1. The predicted molar refractivity (Wildman–Crippen MR) is 86.9 cm³/mol. The summed E-state index contributed by atoms with van der Waals surface area (Å²) in [5.41, 5.74) is 1.95. The highest BCUT2D eigenvalue weighted by Gasteiger charge is 2.05. The van der Waals surface area contributed by atoms with Gasteiger partial charge in [-0.3, -0.25) is 0 Å². The molecule has 0 unspecified atom stereocenters. The van der Waals surface area contributed by atoms with Gasteiger partial charge in [0.2, 0.25) is 0 Å². The number of aliphatic carboxylic acids is 1. The van der Waals surface area contributed by atoms with E-state index in [1.807, 2.05) is 48.5 Å². The third kappa shape index (κ3) is 5.36. The average molecular weight is 309 g/mol. The van der Waals surface area contributed by atoms with Gasteiger partial charge in [0.1, 0.15) is 6.61 Å². The van der Waals surface area contributed by atoms with Gasteiger partial charge in [0.05, 0.1) is 13.1 Å². The van der Waals surface area contributed by atoms with E-state index in [0.717, 1.165) is 17.2 Å². The molecular formula is C19H17O4-. The minimum Gasteiger partial charge on any atom is -0.545 e. The maximum absolute atomic E-state index is 10.3. The van der Waals surface area contributed by atoms with Gasteiger partial charge in [0, 0.05) is 0 Å². The van der Waals surface area contributed by atoms with Crippen LogP contribution in [0.3, 0.4) is 0 Å². The molecule has 0 aliphatic rings. The number of carboxylic acid groups (broad SMARTS) is 1. The van der Waals surface area contributed by atoms with E-state index in [1.54, 1.807) is 19.3 Å². The van der Waals surface area contributed by atoms with Crippen LogP contribution in [0.2, 0.25) is 0 Å². The van der Waals surface area contributed by atoms with Gasteiger partial charge in [-0.25, -0.2) is 0 Å². The molecule has 0 amide bonds. The molecule has 0 fully saturated rings. The number of ether oxygens (including phenoxy) is 2. The van der Waals surface area contributed by atoms with Gasteiger partial charge in [-0.1, -0.05) is 54.6 Å². The quantitative estimate of drug-likeness (QED) is 0.583. The van der Waals surface area contributed by atoms with E-state index in [-0.39, 0.29) is 0 Å². The summed E-state index contributed by atoms with van der Waals surface area (Å²) in [5, 5.41) is 10.3. The van der Waals surface area contributed by atoms with E-state index in [2.05, 4.69) is 0 Å². The number of allylic oxidation sites excluding steroid dienone is 2. The highest BCUT2D eigenvalue weighted by Crippen LogP contribution is 2.29. The summed E-state index contributed by atoms with van der Waals surface area (Å²) in [5.74, 6) is 0.0441. The Labute approximate surface area is 135 Å². The van der Waals surface area contributed by atoms with E-state index in [9.17, 15) is 9.90 Å². The van der Waals surface area contributed by atoms with Crippen molar-refractivity contribution in [3.05, 3.63) is 77.9 Å². The lowest BCUT2D eigenvalue weighted by Gasteiger charge is -2.11. The lowest BCUT2D eigenvalue weighted by atomic mass is 10.2. The van der Waals surface area contributed by atoms with Crippen molar-refractivity contribution in [2.45, 2.75) is 6.61 Å². The first-order valence-corrected chi connectivity index (χ1v) is 7.09. The van der Waals surface area contributed by atoms with Crippen LogP contribution in [0.4, 0.5) is 0 Å². The molecule has 4 nitrogen and oxygen atoms in total. The van der Waals surface area contributed by atoms with E-state index in [1.165, 1.54) is 6.08 Å². The highest BCUT2D eigenvalue weighted by molar-refractivity contribution is 5.78. The smallest absolute Gasteiger partial charge is 0.161 e. The molecule has 0 bridgehead atoms. The zero-order valence-corrected chi connectivity index (χ0v) is 12.8. The van der Waals surface area contributed by atoms with Crippen molar-refractivity contribution >= 4 is 12.0 Å². The molecule has 0 radical (unpaired) electrons. The third-order valence-corrected chi connectivity index (χ3v) is 3.06. The number of carboxylic acids is 1. The molecule has 4 heteroatoms. The fraction of sp³-hybridized carbons (Fsp3) is 0.105. The van der Waals surface area contributed by atoms with Crippen molar-refractivity contribution < 1.29 is 19.4 Å². The second-order valence-electron chi connectivity index (χ2n) is 4.72. The summed E-state index contributed by atoms with van der Waals surface area (Å²) in [6.45, 7) is 0.459. The third-order valence-electron chi connectivity index (χ3n) is 3.06. The van der Waals surface area contributed by atoms with Gasteiger partial charge >= 0.3 is 0 Å². The van der Waals surface area contributed by atoms with Crippen LogP contribution in [0.25, 0.3) is 6.08 Å². The molecule has 23 heavy (non-hydrogen) atoms. The zero-order valence-electron chi connectivity index (χ0n) is 12.8. The first kappa shape index (κ1) is 16.4. The van der Waals surface area contributed by atoms with Gasteiger partial charge in [-0.2, -0.15) is 0 Å². The van der Waals surface area contributed by atoms with Crippen molar-refractivity contribution in [1.82, 2.24) is 0 Å². The Balaban J connectivity index is 2.05. The van der Waals surface area contributed by atoms with Crippen LogP contribution in [0.15, 0.2) is 66.8 Å². The summed E-state index contributed by atoms with van der Waals surface area (Å²) in [6.07, 6.45) is 5.75. The first-order valence-electron chi connectivity index (χ1n) is 7.09. The molecule has 2 rings (SSSR count). The first-order chi connectivity index (χ1) is 11.2. The number of hydrogen-bond donors (Lipinski definition) is 0. The van der Waals surface area contributed by atoms with Gasteiger partial charge in [0.15, 0.2) is 11.5 Å². The molecule has 0 saturated heterocycles. The second kappa shape index (κ2) is 8.44. The molecular weight excluding hydrogens is 292 g/mol. The number of hydrogen-bond acceptors (Lipinski definition) is 4. The predicted octanol–water partition coefficient (Wildman–Crippen LogP) is 2.59. The van der Waals surface area contributed by atoms with Crippen LogP contribution in [0.5, 0.6) is 11.5 Å². The maximum Gasteiger partial charge on any atom is 0.161 e. The van der Waals surface area contributed by atoms with Crippen molar-refractivity contribution in [2.75, 3.05) is 7.11 Å². The van der Waals surface area contributed by atoms with Crippen LogP contribution in [0.1, 0.15) is 11.1 Å². The van der Waals surface area contributed by atoms with Gasteiger partial charge in [-0.15, -0.1) is 0 Å². The minimum absolute atomic E-state index is 0.459. The Hall–Kier alpha value is -3.01. The van der Waals surface area contributed by atoms with Crippen LogP contribution < -0.4 is 14.6 Å². The lowest BCUT2D eigenvalue weighted by molar-refractivity contribution is -0.297. The van der Waals surface area contributed by atoms with Gasteiger partial charge < -0.3 is 19.4 Å². The Kier molecular flexibility index (Phi) is 6.00. The average Bonchev–Trinajstić information content (AvgIpc) is 2.58. The Morgan fingerprint density at radius 2 is 1.87 bits per heavy atom. The van der Waals surface area contributed by atoms with Crippen molar-refractivity contribution in [3.63, 3.8) is 0 Å². The van der Waals surface area contributed by atoms with Crippen LogP contribution in [0, 0.1) is 0 Å². The Morgan fingerprint density at radius 3 is 2.57 bits per heavy atom. The van der Waals surface area contributed by atoms with Crippen LogP contribution in [-0.4, -0.2) is 13.1 Å². The lowest BCUT2D eigenvalue weighted by Crippen LogP contribution is -2.18. The van der Waals surface area contributed by atoms with E-state index in [0.29, 0.717) is 18.1 Å². The number of rotatable bonds is 7. The summed E-state index contributed by atoms with van der Waals surface area (Å²) >= 11 is 0. The SMILES string of the molecule is COc1cc(/C=C/C=C/C(=O)[O-])ccc1OCc1ccccc1. The molecule has 0 heterocycles. The van der Waals surface area contributed by atoms with Gasteiger partial charge in [-0.05, 0) is 29.3 Å². The molecule has 2 aromatic carbocycles. The second-order valence-corrected chi connectivity index (χ2v) is 4.72. The Morgan fingerprint density at radius 1 is 1.09 bits per heavy atom.